The molecule has 1 saturated carbocycles. The van der Waals surface area contributed by atoms with E-state index in [1.54, 1.807) is 0 Å². The van der Waals surface area contributed by atoms with Crippen LogP contribution >= 0.6 is 0 Å². The molecule has 0 unspecified atom stereocenters. The third-order valence-electron chi connectivity index (χ3n) is 6.08. The fourth-order valence-electron chi connectivity index (χ4n) is 4.89. The molecular formula is C21H26N6. The standard InChI is InChI=1S/C21H26N6/c1-13-12-16(14(2)26(13)15-8-4-3-5-9-15)19-24-20(22)25-21-23-17-10-6-7-11-18(17)27(19)21/h6-7,10-12,15,19H,3-5,8-9H2,1-2H3,(H3,22,23,24,25)/t19-/m1/s1. The highest BCUT2D eigenvalue weighted by Crippen LogP contribution is 2.38. The minimum Gasteiger partial charge on any atom is -0.370 e. The molecule has 3 N–H and O–H groups in total. The first-order valence-corrected chi connectivity index (χ1v) is 9.89. The highest BCUT2D eigenvalue weighted by Gasteiger charge is 2.29. The fraction of sp³-hybridized carbons (Fsp3) is 0.429. The zero-order valence-corrected chi connectivity index (χ0v) is 15.9. The molecule has 5 rings (SSSR count). The Morgan fingerprint density at radius 1 is 1.07 bits per heavy atom. The van der Waals surface area contributed by atoms with Gasteiger partial charge in [0.15, 0.2) is 12.1 Å². The predicted molar refractivity (Wildman–Crippen MR) is 109 cm³/mol. The van der Waals surface area contributed by atoms with Crippen LogP contribution in [0.2, 0.25) is 0 Å². The summed E-state index contributed by atoms with van der Waals surface area (Å²) in [7, 11) is 0. The zero-order valence-electron chi connectivity index (χ0n) is 15.9. The normalized spacial score (nSPS) is 20.4. The number of hydrogen-bond acceptors (Lipinski definition) is 4. The van der Waals surface area contributed by atoms with E-state index in [2.05, 4.69) is 40.4 Å². The van der Waals surface area contributed by atoms with Crippen LogP contribution in [0.25, 0.3) is 11.0 Å². The molecule has 0 saturated heterocycles. The van der Waals surface area contributed by atoms with Crippen LogP contribution in [0, 0.1) is 13.8 Å². The molecule has 1 aliphatic carbocycles. The maximum atomic E-state index is 6.12. The van der Waals surface area contributed by atoms with Crippen molar-refractivity contribution in [3.63, 3.8) is 0 Å². The molecule has 140 valence electrons. The van der Waals surface area contributed by atoms with Gasteiger partial charge in [-0.25, -0.2) is 9.98 Å². The quantitative estimate of drug-likeness (QED) is 0.716. The van der Waals surface area contributed by atoms with Crippen molar-refractivity contribution in [1.82, 2.24) is 14.1 Å². The SMILES string of the molecule is Cc1cc([C@@H]2N=C(N)Nc3nc4ccccc4n32)c(C)n1C1CCCCC1. The smallest absolute Gasteiger partial charge is 0.212 e. The largest absolute Gasteiger partial charge is 0.370 e. The van der Waals surface area contributed by atoms with E-state index in [4.69, 9.17) is 15.7 Å². The summed E-state index contributed by atoms with van der Waals surface area (Å²) in [6.07, 6.45) is 6.37. The van der Waals surface area contributed by atoms with Crippen molar-refractivity contribution in [2.24, 2.45) is 10.7 Å². The van der Waals surface area contributed by atoms with Crippen molar-refractivity contribution in [2.45, 2.75) is 58.2 Å². The van der Waals surface area contributed by atoms with E-state index in [9.17, 15) is 0 Å². The molecule has 0 bridgehead atoms. The van der Waals surface area contributed by atoms with Crippen LogP contribution < -0.4 is 11.1 Å². The van der Waals surface area contributed by atoms with E-state index >= 15 is 0 Å². The number of nitrogens with one attached hydrogen (secondary N) is 1. The number of aryl methyl sites for hydroxylation is 1. The highest BCUT2D eigenvalue weighted by atomic mass is 15.4. The molecule has 1 aromatic carbocycles. The number of aliphatic imine (C=N–C) groups is 1. The van der Waals surface area contributed by atoms with E-state index < -0.39 is 0 Å². The molecule has 1 atom stereocenters. The van der Waals surface area contributed by atoms with Gasteiger partial charge < -0.3 is 10.3 Å². The molecule has 1 fully saturated rings. The number of fused-ring (bicyclic) bond motifs is 3. The van der Waals surface area contributed by atoms with Crippen molar-refractivity contribution >= 4 is 22.9 Å². The number of para-hydroxylation sites is 2. The van der Waals surface area contributed by atoms with Gasteiger partial charge in [-0.05, 0) is 44.9 Å². The molecule has 0 radical (unpaired) electrons. The number of nitrogens with two attached hydrogens (primary N) is 1. The molecule has 1 aliphatic heterocycles. The first kappa shape index (κ1) is 16.4. The van der Waals surface area contributed by atoms with Crippen molar-refractivity contribution in [1.29, 1.82) is 0 Å². The van der Waals surface area contributed by atoms with Gasteiger partial charge in [-0.2, -0.15) is 0 Å². The van der Waals surface area contributed by atoms with Gasteiger partial charge in [0, 0.05) is 23.0 Å². The lowest BCUT2D eigenvalue weighted by molar-refractivity contribution is 0.345. The Labute approximate surface area is 159 Å². The van der Waals surface area contributed by atoms with Crippen molar-refractivity contribution in [3.8, 4) is 0 Å². The van der Waals surface area contributed by atoms with Crippen molar-refractivity contribution in [3.05, 3.63) is 47.3 Å². The first-order chi connectivity index (χ1) is 13.1. The van der Waals surface area contributed by atoms with Gasteiger partial charge in [0.1, 0.15) is 0 Å². The second-order valence-corrected chi connectivity index (χ2v) is 7.80. The topological polar surface area (TPSA) is 73.2 Å². The number of guanidine groups is 1. The van der Waals surface area contributed by atoms with Crippen molar-refractivity contribution < 1.29 is 0 Å². The van der Waals surface area contributed by atoms with Gasteiger partial charge in [0.05, 0.1) is 11.0 Å². The van der Waals surface area contributed by atoms with Crippen molar-refractivity contribution in [2.75, 3.05) is 5.32 Å². The summed E-state index contributed by atoms with van der Waals surface area (Å²) in [5.74, 6) is 1.18. The minimum atomic E-state index is -0.183. The Morgan fingerprint density at radius 2 is 1.85 bits per heavy atom. The lowest BCUT2D eigenvalue weighted by Crippen LogP contribution is -2.31. The Hall–Kier alpha value is -2.76. The summed E-state index contributed by atoms with van der Waals surface area (Å²) >= 11 is 0. The summed E-state index contributed by atoms with van der Waals surface area (Å²) in [4.78, 5) is 9.48. The molecule has 2 aromatic heterocycles. The number of hydrogen-bond donors (Lipinski definition) is 2. The molecule has 0 spiro atoms. The average molecular weight is 362 g/mol. The second-order valence-electron chi connectivity index (χ2n) is 7.80. The van der Waals surface area contributed by atoms with Gasteiger partial charge in [-0.3, -0.25) is 9.88 Å². The van der Waals surface area contributed by atoms with Gasteiger partial charge in [0.2, 0.25) is 5.95 Å². The van der Waals surface area contributed by atoms with E-state index in [0.29, 0.717) is 12.0 Å². The average Bonchev–Trinajstić information content (AvgIpc) is 3.18. The van der Waals surface area contributed by atoms with E-state index in [1.165, 1.54) is 49.1 Å². The number of anilines is 1. The van der Waals surface area contributed by atoms with Crippen LogP contribution in [0.1, 0.15) is 61.3 Å². The van der Waals surface area contributed by atoms with Gasteiger partial charge in [-0.15, -0.1) is 0 Å². The van der Waals surface area contributed by atoms with Crippen LogP contribution in [0.4, 0.5) is 5.95 Å². The van der Waals surface area contributed by atoms with Gasteiger partial charge in [-0.1, -0.05) is 31.4 Å². The summed E-state index contributed by atoms with van der Waals surface area (Å²) in [5.41, 5.74) is 12.0. The minimum absolute atomic E-state index is 0.183. The van der Waals surface area contributed by atoms with Gasteiger partial charge >= 0.3 is 0 Å². The Kier molecular flexibility index (Phi) is 3.74. The number of benzene rings is 1. The molecule has 6 heteroatoms. The molecule has 3 aromatic rings. The third-order valence-corrected chi connectivity index (χ3v) is 6.08. The Balaban J connectivity index is 1.66. The zero-order chi connectivity index (χ0) is 18.5. The predicted octanol–water partition coefficient (Wildman–Crippen LogP) is 4.25. The summed E-state index contributed by atoms with van der Waals surface area (Å²) < 4.78 is 4.69. The molecular weight excluding hydrogens is 336 g/mol. The third kappa shape index (κ3) is 2.54. The van der Waals surface area contributed by atoms with E-state index in [1.807, 2.05) is 18.2 Å². The number of imidazole rings is 1. The maximum Gasteiger partial charge on any atom is 0.212 e. The first-order valence-electron chi connectivity index (χ1n) is 9.89. The molecule has 6 nitrogen and oxygen atoms in total. The lowest BCUT2D eigenvalue weighted by atomic mass is 9.95. The Bertz CT molecular complexity index is 1030. The molecule has 0 amide bonds. The van der Waals surface area contributed by atoms with E-state index in [-0.39, 0.29) is 6.17 Å². The van der Waals surface area contributed by atoms with E-state index in [0.717, 1.165) is 17.0 Å². The second kappa shape index (κ2) is 6.15. The van der Waals surface area contributed by atoms with Crippen LogP contribution in [-0.4, -0.2) is 20.1 Å². The lowest BCUT2D eigenvalue weighted by Gasteiger charge is -2.27. The summed E-state index contributed by atoms with van der Waals surface area (Å²) in [6.45, 7) is 4.44. The van der Waals surface area contributed by atoms with Crippen LogP contribution in [0.5, 0.6) is 0 Å². The molecule has 27 heavy (non-hydrogen) atoms. The summed E-state index contributed by atoms with van der Waals surface area (Å²) in [5, 5.41) is 3.13. The maximum absolute atomic E-state index is 6.12. The van der Waals surface area contributed by atoms with Gasteiger partial charge in [0.25, 0.3) is 0 Å². The van der Waals surface area contributed by atoms with Crippen LogP contribution in [0.15, 0.2) is 35.3 Å². The monoisotopic (exact) mass is 362 g/mol. The number of rotatable bonds is 2. The fourth-order valence-corrected chi connectivity index (χ4v) is 4.89. The summed E-state index contributed by atoms with van der Waals surface area (Å²) in [6, 6.07) is 11.1. The highest BCUT2D eigenvalue weighted by molar-refractivity contribution is 5.94. The molecule has 3 heterocycles. The number of aromatic nitrogens is 3. The Morgan fingerprint density at radius 3 is 2.67 bits per heavy atom. The van der Waals surface area contributed by atoms with Crippen LogP contribution in [-0.2, 0) is 0 Å². The van der Waals surface area contributed by atoms with Crippen LogP contribution in [0.3, 0.4) is 0 Å². The molecule has 2 aliphatic rings. The number of nitrogens with zero attached hydrogens (tertiary/aromatic N) is 4.